The van der Waals surface area contributed by atoms with Crippen LogP contribution in [0.25, 0.3) is 5.53 Å². The number of ether oxygens (including phenoxy) is 2. The molecule has 6 nitrogen and oxygen atoms in total. The van der Waals surface area contributed by atoms with Crippen LogP contribution < -0.4 is 5.32 Å². The third kappa shape index (κ3) is 6.12. The van der Waals surface area contributed by atoms with Gasteiger partial charge >= 0.3 is 5.71 Å². The van der Waals surface area contributed by atoms with Gasteiger partial charge in [0.2, 0.25) is 5.76 Å². The molecule has 2 rings (SSSR count). The first kappa shape index (κ1) is 20.5. The van der Waals surface area contributed by atoms with Crippen LogP contribution in [0.15, 0.2) is 53.5 Å². The number of carbonyl (C=O) groups excluding carboxylic acids is 1. The van der Waals surface area contributed by atoms with E-state index in [9.17, 15) is 10.3 Å². The molecular weight excluding hydrogens is 342 g/mol. The number of hydrogen-bond acceptors (Lipinski definition) is 3. The maximum atomic E-state index is 12.8. The van der Waals surface area contributed by atoms with Crippen LogP contribution in [0.2, 0.25) is 0 Å². The summed E-state index contributed by atoms with van der Waals surface area (Å²) >= 11 is 0. The molecule has 1 amide bonds. The summed E-state index contributed by atoms with van der Waals surface area (Å²) in [5.41, 5.74) is 10.8. The van der Waals surface area contributed by atoms with E-state index in [1.54, 1.807) is 6.08 Å². The molecule has 0 saturated heterocycles. The highest BCUT2D eigenvalue weighted by molar-refractivity contribution is 6.10. The van der Waals surface area contributed by atoms with E-state index in [4.69, 9.17) is 9.47 Å². The Hall–Kier alpha value is -2.85. The molecule has 1 aromatic carbocycles. The normalized spacial score (nSPS) is 13.7. The van der Waals surface area contributed by atoms with Gasteiger partial charge in [0.25, 0.3) is 5.91 Å². The number of amides is 1. The van der Waals surface area contributed by atoms with Crippen LogP contribution in [0.1, 0.15) is 46.0 Å². The van der Waals surface area contributed by atoms with Crippen molar-refractivity contribution in [1.82, 2.24) is 0 Å². The molecular formula is C21H27N3O3. The maximum absolute atomic E-state index is 12.8. The van der Waals surface area contributed by atoms with Crippen LogP contribution in [0, 0.1) is 0 Å². The van der Waals surface area contributed by atoms with Crippen molar-refractivity contribution in [2.45, 2.75) is 46.0 Å². The van der Waals surface area contributed by atoms with E-state index in [0.29, 0.717) is 41.7 Å². The van der Waals surface area contributed by atoms with Gasteiger partial charge in [-0.15, -0.1) is 0 Å². The van der Waals surface area contributed by atoms with E-state index in [2.05, 4.69) is 24.0 Å². The molecule has 6 heteroatoms. The van der Waals surface area contributed by atoms with Gasteiger partial charge in [-0.25, -0.2) is 0 Å². The molecule has 0 atom stereocenters. The van der Waals surface area contributed by atoms with Crippen molar-refractivity contribution in [2.75, 3.05) is 18.5 Å². The van der Waals surface area contributed by atoms with Gasteiger partial charge in [0, 0.05) is 11.8 Å². The quantitative estimate of drug-likeness (QED) is 0.375. The van der Waals surface area contributed by atoms with E-state index in [-0.39, 0.29) is 12.3 Å². The van der Waals surface area contributed by atoms with Crippen LogP contribution in [0.3, 0.4) is 0 Å². The Kier molecular flexibility index (Phi) is 8.33. The van der Waals surface area contributed by atoms with Crippen molar-refractivity contribution in [3.8, 4) is 0 Å². The summed E-state index contributed by atoms with van der Waals surface area (Å²) in [5, 5.41) is 2.87. The fourth-order valence-electron chi connectivity index (χ4n) is 2.55. The van der Waals surface area contributed by atoms with E-state index in [1.165, 1.54) is 0 Å². The van der Waals surface area contributed by atoms with Crippen molar-refractivity contribution in [2.24, 2.45) is 0 Å². The SMILES string of the molecule is CCCCOC1=CC(C(=O)Nc2ccccc2)=C(OCCCC)CC1=[N+]=[N-]. The maximum Gasteiger partial charge on any atom is 0.340 e. The Bertz CT molecular complexity index is 747. The van der Waals surface area contributed by atoms with Crippen LogP contribution in [0.5, 0.6) is 0 Å². The van der Waals surface area contributed by atoms with E-state index < -0.39 is 0 Å². The number of rotatable bonds is 10. The molecule has 0 fully saturated rings. The molecule has 27 heavy (non-hydrogen) atoms. The minimum atomic E-state index is -0.277. The lowest BCUT2D eigenvalue weighted by molar-refractivity contribution is -0.112. The van der Waals surface area contributed by atoms with Gasteiger partial charge in [0.05, 0.1) is 18.8 Å². The molecule has 1 aromatic rings. The first-order valence-electron chi connectivity index (χ1n) is 9.47. The zero-order chi connectivity index (χ0) is 19.5. The first-order valence-corrected chi connectivity index (χ1v) is 9.47. The predicted octanol–water partition coefficient (Wildman–Crippen LogP) is 4.47. The Morgan fingerprint density at radius 3 is 2.41 bits per heavy atom. The largest absolute Gasteiger partial charge is 0.496 e. The van der Waals surface area contributed by atoms with Crippen molar-refractivity contribution in [3.05, 3.63) is 59.0 Å². The van der Waals surface area contributed by atoms with Gasteiger partial charge in [0.15, 0.2) is 0 Å². The molecule has 1 N–H and O–H groups in total. The first-order chi connectivity index (χ1) is 13.2. The molecule has 0 spiro atoms. The lowest BCUT2D eigenvalue weighted by Crippen LogP contribution is -2.23. The number of anilines is 1. The number of allylic oxidation sites excluding steroid dienone is 2. The standard InChI is InChI=1S/C21H27N3O3/c1-3-5-12-26-19-15-18(24-22)20(27-13-6-4-2)14-17(19)21(25)23-16-10-8-7-9-11-16/h7-11,14H,3-6,12-13,15H2,1-2H3,(H,23,25). The minimum absolute atomic E-state index is 0.218. The molecule has 1 aliphatic rings. The number of para-hydroxylation sites is 1. The molecule has 0 heterocycles. The summed E-state index contributed by atoms with van der Waals surface area (Å²) in [4.78, 5) is 16.2. The summed E-state index contributed by atoms with van der Waals surface area (Å²) in [6.45, 7) is 5.15. The van der Waals surface area contributed by atoms with Gasteiger partial charge in [0.1, 0.15) is 12.2 Å². The van der Waals surface area contributed by atoms with E-state index in [1.807, 2.05) is 30.3 Å². The van der Waals surface area contributed by atoms with Crippen LogP contribution >= 0.6 is 0 Å². The van der Waals surface area contributed by atoms with E-state index >= 15 is 0 Å². The van der Waals surface area contributed by atoms with Gasteiger partial charge in [-0.3, -0.25) is 4.79 Å². The number of unbranched alkanes of at least 4 members (excludes halogenated alkanes) is 2. The summed E-state index contributed by atoms with van der Waals surface area (Å²) in [6, 6.07) is 9.24. The Morgan fingerprint density at radius 2 is 1.78 bits per heavy atom. The topological polar surface area (TPSA) is 84.0 Å². The van der Waals surface area contributed by atoms with Gasteiger partial charge in [-0.05, 0) is 25.0 Å². The molecule has 0 aromatic heterocycles. The number of nitrogens with one attached hydrogen (secondary N) is 1. The Labute approximate surface area is 160 Å². The van der Waals surface area contributed by atoms with Crippen LogP contribution in [-0.4, -0.2) is 29.6 Å². The molecule has 0 aliphatic heterocycles. The van der Waals surface area contributed by atoms with Crippen molar-refractivity contribution in [3.63, 3.8) is 0 Å². The second-order valence-electron chi connectivity index (χ2n) is 6.29. The number of nitrogens with zero attached hydrogens (tertiary/aromatic N) is 2. The minimum Gasteiger partial charge on any atom is -0.496 e. The monoisotopic (exact) mass is 369 g/mol. The molecule has 1 aliphatic carbocycles. The lowest BCUT2D eigenvalue weighted by Gasteiger charge is -2.18. The summed E-state index contributed by atoms with van der Waals surface area (Å²) in [5.74, 6) is 0.626. The van der Waals surface area contributed by atoms with Gasteiger partial charge in [-0.2, -0.15) is 4.79 Å². The van der Waals surface area contributed by atoms with Crippen molar-refractivity contribution in [1.29, 1.82) is 0 Å². The third-order valence-corrected chi connectivity index (χ3v) is 4.11. The Balaban J connectivity index is 2.27. The predicted molar refractivity (Wildman–Crippen MR) is 105 cm³/mol. The van der Waals surface area contributed by atoms with Crippen molar-refractivity contribution < 1.29 is 19.1 Å². The number of carbonyl (C=O) groups is 1. The second-order valence-corrected chi connectivity index (χ2v) is 6.29. The fourth-order valence-corrected chi connectivity index (χ4v) is 2.55. The summed E-state index contributed by atoms with van der Waals surface area (Å²) in [6.07, 6.45) is 5.56. The highest BCUT2D eigenvalue weighted by atomic mass is 16.5. The molecule has 0 saturated carbocycles. The van der Waals surface area contributed by atoms with Gasteiger partial charge in [-0.1, -0.05) is 44.9 Å². The van der Waals surface area contributed by atoms with E-state index in [0.717, 1.165) is 25.7 Å². The summed E-state index contributed by atoms with van der Waals surface area (Å²) in [7, 11) is 0. The zero-order valence-electron chi connectivity index (χ0n) is 16.0. The smallest absolute Gasteiger partial charge is 0.340 e. The lowest BCUT2D eigenvalue weighted by atomic mass is 10.0. The zero-order valence-corrected chi connectivity index (χ0v) is 16.0. The second kappa shape index (κ2) is 11.0. The molecule has 144 valence electrons. The van der Waals surface area contributed by atoms with Crippen LogP contribution in [-0.2, 0) is 14.3 Å². The highest BCUT2D eigenvalue weighted by Crippen LogP contribution is 2.25. The number of benzene rings is 1. The fraction of sp³-hybridized carbons (Fsp3) is 0.429. The molecule has 0 radical (unpaired) electrons. The summed E-state index contributed by atoms with van der Waals surface area (Å²) < 4.78 is 11.6. The average molecular weight is 369 g/mol. The van der Waals surface area contributed by atoms with Crippen LogP contribution in [0.4, 0.5) is 5.69 Å². The molecule has 0 bridgehead atoms. The van der Waals surface area contributed by atoms with Gasteiger partial charge < -0.3 is 20.3 Å². The Morgan fingerprint density at radius 1 is 1.11 bits per heavy atom. The van der Waals surface area contributed by atoms with Crippen molar-refractivity contribution >= 4 is 17.3 Å². The third-order valence-electron chi connectivity index (χ3n) is 4.11. The number of hydrogen-bond donors (Lipinski definition) is 1. The highest BCUT2D eigenvalue weighted by Gasteiger charge is 2.31. The average Bonchev–Trinajstić information content (AvgIpc) is 2.69. The molecule has 0 unspecified atom stereocenters.